The highest BCUT2D eigenvalue weighted by Gasteiger charge is 2.27. The Labute approximate surface area is 170 Å². The van der Waals surface area contributed by atoms with Crippen molar-refractivity contribution in [3.05, 3.63) is 54.1 Å². The zero-order valence-corrected chi connectivity index (χ0v) is 17.3. The molecule has 2 aromatic rings. The molecule has 1 aliphatic rings. The van der Waals surface area contributed by atoms with Gasteiger partial charge in [0, 0.05) is 23.6 Å². The second-order valence-electron chi connectivity index (χ2n) is 6.96. The Kier molecular flexibility index (Phi) is 6.62. The molecule has 2 atom stereocenters. The first-order chi connectivity index (χ1) is 13.5. The van der Waals surface area contributed by atoms with Crippen molar-refractivity contribution in [3.63, 3.8) is 0 Å². The SMILES string of the molecule is COc1ccc([C@H](CC(=O)N2CC[C@H](C)Sc3ccccc32)NC(C)=O)cc1. The summed E-state index contributed by atoms with van der Waals surface area (Å²) < 4.78 is 5.20. The first kappa shape index (κ1) is 20.3. The van der Waals surface area contributed by atoms with E-state index in [2.05, 4.69) is 18.3 Å². The Morgan fingerprint density at radius 2 is 1.93 bits per heavy atom. The molecular formula is C22H26N2O3S. The summed E-state index contributed by atoms with van der Waals surface area (Å²) in [5, 5.41) is 3.37. The lowest BCUT2D eigenvalue weighted by Gasteiger charge is -2.26. The second-order valence-corrected chi connectivity index (χ2v) is 8.44. The maximum atomic E-state index is 13.2. The molecule has 3 rings (SSSR count). The molecule has 0 unspecified atom stereocenters. The Balaban J connectivity index is 1.84. The van der Waals surface area contributed by atoms with Crippen LogP contribution < -0.4 is 15.0 Å². The summed E-state index contributed by atoms with van der Waals surface area (Å²) >= 11 is 1.81. The molecule has 0 saturated heterocycles. The van der Waals surface area contributed by atoms with Crippen LogP contribution >= 0.6 is 11.8 Å². The summed E-state index contributed by atoms with van der Waals surface area (Å²) in [5.41, 5.74) is 1.84. The first-order valence-electron chi connectivity index (χ1n) is 9.45. The largest absolute Gasteiger partial charge is 0.497 e. The van der Waals surface area contributed by atoms with Crippen LogP contribution in [0, 0.1) is 0 Å². The van der Waals surface area contributed by atoms with E-state index in [9.17, 15) is 9.59 Å². The summed E-state index contributed by atoms with van der Waals surface area (Å²) in [7, 11) is 1.61. The lowest BCUT2D eigenvalue weighted by molar-refractivity contribution is -0.121. The number of nitrogens with zero attached hydrogens (tertiary/aromatic N) is 1. The predicted molar refractivity (Wildman–Crippen MR) is 113 cm³/mol. The molecule has 28 heavy (non-hydrogen) atoms. The van der Waals surface area contributed by atoms with Gasteiger partial charge in [0.2, 0.25) is 11.8 Å². The maximum Gasteiger partial charge on any atom is 0.229 e. The van der Waals surface area contributed by atoms with E-state index < -0.39 is 0 Å². The molecule has 2 aromatic carbocycles. The van der Waals surface area contributed by atoms with Gasteiger partial charge in [-0.2, -0.15) is 0 Å². The summed E-state index contributed by atoms with van der Waals surface area (Å²) in [4.78, 5) is 28.0. The number of hydrogen-bond acceptors (Lipinski definition) is 4. The molecule has 0 radical (unpaired) electrons. The van der Waals surface area contributed by atoms with Crippen LogP contribution in [0.4, 0.5) is 5.69 Å². The van der Waals surface area contributed by atoms with Crippen molar-refractivity contribution in [2.45, 2.75) is 42.9 Å². The number of benzene rings is 2. The minimum Gasteiger partial charge on any atom is -0.497 e. The van der Waals surface area contributed by atoms with Crippen molar-refractivity contribution >= 4 is 29.3 Å². The maximum absolute atomic E-state index is 13.2. The molecule has 1 N–H and O–H groups in total. The molecule has 0 spiro atoms. The number of rotatable bonds is 5. The highest BCUT2D eigenvalue weighted by Crippen LogP contribution is 2.38. The average Bonchev–Trinajstić information content (AvgIpc) is 2.85. The van der Waals surface area contributed by atoms with Crippen molar-refractivity contribution in [3.8, 4) is 5.75 Å². The first-order valence-corrected chi connectivity index (χ1v) is 10.3. The molecule has 5 nitrogen and oxygen atoms in total. The van der Waals surface area contributed by atoms with E-state index in [1.807, 2.05) is 47.4 Å². The van der Waals surface area contributed by atoms with Crippen LogP contribution in [-0.2, 0) is 9.59 Å². The fraction of sp³-hybridized carbons (Fsp3) is 0.364. The third kappa shape index (κ3) is 4.87. The number of fused-ring (bicyclic) bond motifs is 1. The standard InChI is InChI=1S/C22H26N2O3S/c1-15-12-13-24(20-6-4-5-7-21(20)28-15)22(26)14-19(23-16(2)25)17-8-10-18(27-3)11-9-17/h4-11,15,19H,12-14H2,1-3H3,(H,23,25)/t15-,19-/m0/s1. The number of ether oxygens (including phenoxy) is 1. The van der Waals surface area contributed by atoms with E-state index in [4.69, 9.17) is 4.74 Å². The molecule has 2 amide bonds. The lowest BCUT2D eigenvalue weighted by atomic mass is 10.0. The van der Waals surface area contributed by atoms with Crippen molar-refractivity contribution < 1.29 is 14.3 Å². The normalized spacial score (nSPS) is 17.2. The average molecular weight is 399 g/mol. The number of thioether (sulfide) groups is 1. The van der Waals surface area contributed by atoms with Gasteiger partial charge in [-0.3, -0.25) is 9.59 Å². The van der Waals surface area contributed by atoms with Crippen LogP contribution in [0.25, 0.3) is 0 Å². The second kappa shape index (κ2) is 9.15. The van der Waals surface area contributed by atoms with Gasteiger partial charge in [-0.05, 0) is 36.2 Å². The highest BCUT2D eigenvalue weighted by atomic mass is 32.2. The van der Waals surface area contributed by atoms with E-state index in [0.29, 0.717) is 11.8 Å². The van der Waals surface area contributed by atoms with Crippen molar-refractivity contribution in [1.82, 2.24) is 5.32 Å². The molecule has 0 bridgehead atoms. The van der Waals surface area contributed by atoms with Gasteiger partial charge in [0.15, 0.2) is 0 Å². The summed E-state index contributed by atoms with van der Waals surface area (Å²) in [6.45, 7) is 4.34. The number of carbonyl (C=O) groups is 2. The van der Waals surface area contributed by atoms with Gasteiger partial charge in [0.05, 0.1) is 25.3 Å². The van der Waals surface area contributed by atoms with Crippen LogP contribution in [0.5, 0.6) is 5.75 Å². The summed E-state index contributed by atoms with van der Waals surface area (Å²) in [6, 6.07) is 15.1. The van der Waals surface area contributed by atoms with E-state index >= 15 is 0 Å². The zero-order valence-electron chi connectivity index (χ0n) is 16.5. The Morgan fingerprint density at radius 3 is 2.61 bits per heavy atom. The van der Waals surface area contributed by atoms with Gasteiger partial charge in [-0.25, -0.2) is 0 Å². The predicted octanol–water partition coefficient (Wildman–Crippen LogP) is 4.18. The fourth-order valence-corrected chi connectivity index (χ4v) is 4.48. The molecule has 148 valence electrons. The van der Waals surface area contributed by atoms with Crippen LogP contribution in [0.2, 0.25) is 0 Å². The van der Waals surface area contributed by atoms with Gasteiger partial charge >= 0.3 is 0 Å². The van der Waals surface area contributed by atoms with E-state index in [-0.39, 0.29) is 24.3 Å². The van der Waals surface area contributed by atoms with E-state index in [0.717, 1.165) is 28.3 Å². The fourth-order valence-electron chi connectivity index (χ4n) is 3.36. The molecule has 0 aliphatic carbocycles. The minimum absolute atomic E-state index is 0.0109. The number of amides is 2. The number of nitrogens with one attached hydrogen (secondary N) is 1. The summed E-state index contributed by atoms with van der Waals surface area (Å²) in [5.74, 6) is 0.592. The molecular weight excluding hydrogens is 372 g/mol. The van der Waals surface area contributed by atoms with Gasteiger partial charge in [-0.15, -0.1) is 11.8 Å². The monoisotopic (exact) mass is 398 g/mol. The van der Waals surface area contributed by atoms with E-state index in [1.54, 1.807) is 18.9 Å². The van der Waals surface area contributed by atoms with E-state index in [1.165, 1.54) is 6.92 Å². The van der Waals surface area contributed by atoms with Crippen LogP contribution in [0.15, 0.2) is 53.4 Å². The van der Waals surface area contributed by atoms with Crippen LogP contribution in [0.1, 0.15) is 38.3 Å². The third-order valence-electron chi connectivity index (χ3n) is 4.82. The Bertz CT molecular complexity index is 838. The molecule has 1 aliphatic heterocycles. The molecule has 1 heterocycles. The van der Waals surface area contributed by atoms with Crippen LogP contribution in [-0.4, -0.2) is 30.7 Å². The number of carbonyl (C=O) groups excluding carboxylic acids is 2. The molecule has 0 aromatic heterocycles. The van der Waals surface area contributed by atoms with Crippen molar-refractivity contribution in [2.24, 2.45) is 0 Å². The van der Waals surface area contributed by atoms with Crippen molar-refractivity contribution in [2.75, 3.05) is 18.6 Å². The van der Waals surface area contributed by atoms with Gasteiger partial charge < -0.3 is 15.0 Å². The Morgan fingerprint density at radius 1 is 1.21 bits per heavy atom. The van der Waals surface area contributed by atoms with Gasteiger partial charge in [0.25, 0.3) is 0 Å². The lowest BCUT2D eigenvalue weighted by Crippen LogP contribution is -2.36. The molecule has 0 saturated carbocycles. The zero-order chi connectivity index (χ0) is 20.1. The number of methoxy groups -OCH3 is 1. The summed E-state index contributed by atoms with van der Waals surface area (Å²) in [6.07, 6.45) is 1.14. The molecule has 0 fully saturated rings. The topological polar surface area (TPSA) is 58.6 Å². The molecule has 6 heteroatoms. The van der Waals surface area contributed by atoms with Gasteiger partial charge in [0.1, 0.15) is 5.75 Å². The third-order valence-corrected chi connectivity index (χ3v) is 6.06. The number of anilines is 1. The quantitative estimate of drug-likeness (QED) is 0.821. The number of para-hydroxylation sites is 1. The van der Waals surface area contributed by atoms with Crippen LogP contribution in [0.3, 0.4) is 0 Å². The number of hydrogen-bond donors (Lipinski definition) is 1. The Hall–Kier alpha value is -2.47. The highest BCUT2D eigenvalue weighted by molar-refractivity contribution is 8.00. The van der Waals surface area contributed by atoms with Crippen molar-refractivity contribution in [1.29, 1.82) is 0 Å². The minimum atomic E-state index is -0.378. The van der Waals surface area contributed by atoms with Gasteiger partial charge in [-0.1, -0.05) is 31.2 Å². The smallest absolute Gasteiger partial charge is 0.229 e.